The van der Waals surface area contributed by atoms with E-state index in [0.717, 1.165) is 25.5 Å². The molecule has 2 unspecified atom stereocenters. The third-order valence-electron chi connectivity index (χ3n) is 12.7. The molecule has 13 nitrogen and oxygen atoms in total. The van der Waals surface area contributed by atoms with E-state index < -0.39 is 41.8 Å². The number of alkyl halides is 2. The van der Waals surface area contributed by atoms with Gasteiger partial charge >= 0.3 is 0 Å². The van der Waals surface area contributed by atoms with Crippen molar-refractivity contribution in [2.45, 2.75) is 82.5 Å². The number of fused-ring (bicyclic) bond motifs is 1. The van der Waals surface area contributed by atoms with Gasteiger partial charge in [-0.2, -0.15) is 5.26 Å². The summed E-state index contributed by atoms with van der Waals surface area (Å²) in [6.45, 7) is 3.84. The Balaban J connectivity index is 0.000000197. The summed E-state index contributed by atoms with van der Waals surface area (Å²) in [7, 11) is 1.88. The van der Waals surface area contributed by atoms with Gasteiger partial charge in [0.05, 0.1) is 47.8 Å². The predicted molar refractivity (Wildman–Crippen MR) is 230 cm³/mol. The number of halogens is 4. The van der Waals surface area contributed by atoms with E-state index in [2.05, 4.69) is 20.0 Å². The van der Waals surface area contributed by atoms with Gasteiger partial charge in [0.15, 0.2) is 11.6 Å². The number of piperidine rings is 3. The van der Waals surface area contributed by atoms with E-state index in [9.17, 15) is 28.8 Å². The largest absolute Gasteiger partial charge is 0.453 e. The maximum Gasteiger partial charge on any atom is 0.267 e. The molecule has 3 amide bonds. The monoisotopic (exact) mass is 890 g/mol. The molecule has 1 spiro atoms. The number of aromatic nitrogens is 2. The molecule has 3 N–H and O–H groups in total. The van der Waals surface area contributed by atoms with Crippen molar-refractivity contribution in [1.82, 2.24) is 29.4 Å². The second-order valence-corrected chi connectivity index (χ2v) is 17.8. The number of H-pyrrole nitrogens is 1. The van der Waals surface area contributed by atoms with Gasteiger partial charge in [-0.25, -0.2) is 26.9 Å². The highest BCUT2D eigenvalue weighted by Crippen LogP contribution is 2.46. The number of likely N-dealkylation sites (tertiary alicyclic amines) is 2. The number of rotatable bonds is 10. The summed E-state index contributed by atoms with van der Waals surface area (Å²) in [6.07, 6.45) is 8.78. The number of nitrogens with zero attached hydrogens (tertiary/aromatic N) is 5. The lowest BCUT2D eigenvalue weighted by atomic mass is 9.77. The highest BCUT2D eigenvalue weighted by atomic mass is 32.2. The summed E-state index contributed by atoms with van der Waals surface area (Å²) < 4.78 is 70.3. The van der Waals surface area contributed by atoms with E-state index >= 15 is 13.2 Å². The van der Waals surface area contributed by atoms with Gasteiger partial charge in [-0.05, 0) is 105 Å². The number of carbonyl (C=O) groups excluding carboxylic acids is 3. The van der Waals surface area contributed by atoms with Gasteiger partial charge in [0.1, 0.15) is 23.2 Å². The van der Waals surface area contributed by atoms with Crippen LogP contribution in [-0.2, 0) is 14.4 Å². The Morgan fingerprint density at radius 1 is 1.02 bits per heavy atom. The van der Waals surface area contributed by atoms with Gasteiger partial charge in [0, 0.05) is 38.2 Å². The minimum atomic E-state index is -3.19. The second kappa shape index (κ2) is 19.5. The Morgan fingerprint density at radius 2 is 1.78 bits per heavy atom. The third-order valence-corrected chi connectivity index (χ3v) is 13.6. The van der Waals surface area contributed by atoms with Crippen LogP contribution in [-0.4, -0.2) is 94.0 Å². The van der Waals surface area contributed by atoms with Crippen molar-refractivity contribution in [3.8, 4) is 17.6 Å². The molecule has 1 aromatic heterocycles. The molecule has 18 heteroatoms. The van der Waals surface area contributed by atoms with Crippen LogP contribution in [0.4, 0.5) is 23.2 Å². The van der Waals surface area contributed by atoms with Gasteiger partial charge in [-0.15, -0.1) is 0 Å². The summed E-state index contributed by atoms with van der Waals surface area (Å²) >= 11 is 1.28. The molecule has 8 rings (SSSR count). The minimum Gasteiger partial charge on any atom is -0.453 e. The lowest BCUT2D eigenvalue weighted by Crippen LogP contribution is -2.52. The highest BCUT2D eigenvalue weighted by molar-refractivity contribution is 7.98. The standard InChI is InChI=1S/C27H34F3N3O3.C18H16FN5O2S/c28-22-15-18(19-5-6-23(34)31-25(19)36)3-4-20(22)21-7-12-32(17-27(21,29)30)16-24(35)33-13-10-26(11-14-33)8-1-2-9-26;1-3-24(2)27-23-16-7-5-14(19)17(13(16)9-20)26-11-4-6-15-12(8-11)18(25)22-10-21-15/h3-4,15,19,21H,1-2,5-14,16-17H2,(H,31,34,36);4-8,10,23H,3H2,1-2H3,(H,21,22,25). The predicted octanol–water partition coefficient (Wildman–Crippen LogP) is 7.61. The number of hydrogen-bond acceptors (Lipinski definition) is 11. The third kappa shape index (κ3) is 10.5. The molecule has 0 bridgehead atoms. The quantitative estimate of drug-likeness (QED) is 0.0816. The number of amides is 3. The van der Waals surface area contributed by atoms with Crippen molar-refractivity contribution >= 4 is 46.4 Å². The van der Waals surface area contributed by atoms with E-state index in [1.54, 1.807) is 12.1 Å². The second-order valence-electron chi connectivity index (χ2n) is 16.7. The van der Waals surface area contributed by atoms with E-state index in [0.29, 0.717) is 40.7 Å². The molecule has 63 heavy (non-hydrogen) atoms. The molecule has 2 atom stereocenters. The molecule has 4 aromatic rings. The number of aromatic amines is 1. The Labute approximate surface area is 366 Å². The molecule has 3 aliphatic heterocycles. The first-order valence-corrected chi connectivity index (χ1v) is 22.0. The zero-order valence-corrected chi connectivity index (χ0v) is 36.0. The number of hydrogen-bond donors (Lipinski definition) is 3. The van der Waals surface area contributed by atoms with Crippen LogP contribution in [0.3, 0.4) is 0 Å². The lowest BCUT2D eigenvalue weighted by Gasteiger charge is -2.42. The first-order valence-electron chi connectivity index (χ1n) is 21.2. The highest BCUT2D eigenvalue weighted by Gasteiger charge is 2.47. The zero-order chi connectivity index (χ0) is 44.9. The van der Waals surface area contributed by atoms with E-state index in [1.807, 2.05) is 29.2 Å². The molecule has 3 aromatic carbocycles. The number of imide groups is 1. The normalized spacial score (nSPS) is 20.8. The summed E-state index contributed by atoms with van der Waals surface area (Å²) in [6, 6.07) is 13.3. The average Bonchev–Trinajstić information content (AvgIpc) is 3.71. The van der Waals surface area contributed by atoms with Crippen LogP contribution in [0.25, 0.3) is 10.9 Å². The molecule has 1 saturated carbocycles. The first-order chi connectivity index (χ1) is 30.2. The average molecular weight is 891 g/mol. The van der Waals surface area contributed by atoms with Gasteiger partial charge < -0.3 is 19.3 Å². The number of carbonyl (C=O) groups is 3. The number of benzene rings is 3. The van der Waals surface area contributed by atoms with Crippen molar-refractivity contribution in [3.05, 3.63) is 93.5 Å². The Kier molecular flexibility index (Phi) is 14.1. The van der Waals surface area contributed by atoms with E-state index in [-0.39, 0.29) is 72.4 Å². The summed E-state index contributed by atoms with van der Waals surface area (Å²) in [4.78, 5) is 58.1. The number of ether oxygens (including phenoxy) is 1. The van der Waals surface area contributed by atoms with Gasteiger partial charge in [0.25, 0.3) is 11.5 Å². The number of anilines is 1. The molecule has 0 radical (unpaired) electrons. The molecule has 4 fully saturated rings. The molecular weight excluding hydrogens is 841 g/mol. The number of nitriles is 1. The van der Waals surface area contributed by atoms with Crippen LogP contribution < -0.4 is 20.3 Å². The fourth-order valence-electron chi connectivity index (χ4n) is 9.00. The molecule has 1 aliphatic carbocycles. The molecular formula is C45H50F4N8O5S. The van der Waals surface area contributed by atoms with Gasteiger partial charge in [-0.1, -0.05) is 31.9 Å². The minimum absolute atomic E-state index is 0.0344. The summed E-state index contributed by atoms with van der Waals surface area (Å²) in [5.74, 6) is -7.53. The van der Waals surface area contributed by atoms with Gasteiger partial charge in [-0.3, -0.25) is 29.4 Å². The van der Waals surface area contributed by atoms with E-state index in [1.165, 1.54) is 79.4 Å². The Morgan fingerprint density at radius 3 is 2.46 bits per heavy atom. The van der Waals surface area contributed by atoms with Crippen molar-refractivity contribution in [3.63, 3.8) is 0 Å². The van der Waals surface area contributed by atoms with Crippen LogP contribution >= 0.6 is 12.1 Å². The summed E-state index contributed by atoms with van der Waals surface area (Å²) in [5.41, 5.74) is 1.32. The number of nitrogens with one attached hydrogen (secondary N) is 3. The van der Waals surface area contributed by atoms with Gasteiger partial charge in [0.2, 0.25) is 17.7 Å². The molecule has 334 valence electrons. The lowest BCUT2D eigenvalue weighted by molar-refractivity contribution is -0.138. The Hall–Kier alpha value is -5.51. The first kappa shape index (κ1) is 45.5. The maximum atomic E-state index is 15.2. The zero-order valence-electron chi connectivity index (χ0n) is 35.2. The van der Waals surface area contributed by atoms with Crippen LogP contribution in [0.1, 0.15) is 93.2 Å². The topological polar surface area (TPSA) is 164 Å². The summed E-state index contributed by atoms with van der Waals surface area (Å²) in [5, 5.41) is 12.1. The maximum absolute atomic E-state index is 15.2. The van der Waals surface area contributed by atoms with Crippen molar-refractivity contribution < 1.29 is 36.7 Å². The fraction of sp³-hybridized carbons (Fsp3) is 0.467. The van der Waals surface area contributed by atoms with Crippen molar-refractivity contribution in [1.29, 1.82) is 5.26 Å². The van der Waals surface area contributed by atoms with Crippen molar-refractivity contribution in [2.75, 3.05) is 51.0 Å². The fourth-order valence-corrected chi connectivity index (χ4v) is 9.56. The Bertz CT molecular complexity index is 2450. The SMILES string of the molecule is CCN(C)SNc1ccc(F)c(Oc2ccc3nc[nH]c(=O)c3c2)c1C#N.O=C1CCC(c2ccc(C3CCN(CC(=O)N4CCC5(CCCC5)CC4)CC3(F)F)c(F)c2)C(=O)N1. The molecule has 3 saturated heterocycles. The van der Waals surface area contributed by atoms with Crippen LogP contribution in [0, 0.1) is 28.4 Å². The smallest absolute Gasteiger partial charge is 0.267 e. The van der Waals surface area contributed by atoms with Crippen LogP contribution in [0.2, 0.25) is 0 Å². The van der Waals surface area contributed by atoms with Crippen LogP contribution in [0.5, 0.6) is 11.5 Å². The van der Waals surface area contributed by atoms with Crippen LogP contribution in [0.15, 0.2) is 59.7 Å². The molecule has 4 heterocycles. The molecule has 4 aliphatic rings. The van der Waals surface area contributed by atoms with E-state index in [4.69, 9.17) is 4.74 Å². The van der Waals surface area contributed by atoms with Crippen molar-refractivity contribution in [2.24, 2.45) is 5.41 Å².